The molecule has 1 aromatic heterocycles. The first-order valence-corrected chi connectivity index (χ1v) is 11.4. The number of carbonyl (C=O) groups excluding carboxylic acids is 1. The van der Waals surface area contributed by atoms with Crippen molar-refractivity contribution in [2.75, 3.05) is 18.2 Å². The van der Waals surface area contributed by atoms with Crippen LogP contribution in [-0.4, -0.2) is 23.8 Å². The van der Waals surface area contributed by atoms with E-state index in [4.69, 9.17) is 9.72 Å². The lowest BCUT2D eigenvalue weighted by Crippen LogP contribution is -2.11. The summed E-state index contributed by atoms with van der Waals surface area (Å²) in [7, 11) is 1.66. The smallest absolute Gasteiger partial charge is 0.226 e. The first kappa shape index (κ1) is 18.5. The molecule has 146 valence electrons. The minimum atomic E-state index is 0.00220. The summed E-state index contributed by atoms with van der Waals surface area (Å²) in [6.07, 6.45) is 2.65. The molecule has 4 aromatic rings. The van der Waals surface area contributed by atoms with Crippen molar-refractivity contribution in [3.8, 4) is 5.75 Å². The summed E-state index contributed by atoms with van der Waals surface area (Å²) in [4.78, 5) is 18.3. The molecule has 29 heavy (non-hydrogen) atoms. The number of rotatable bonds is 6. The molecule has 1 aliphatic rings. The highest BCUT2D eigenvalue weighted by Gasteiger charge is 2.18. The van der Waals surface area contributed by atoms with E-state index in [0.717, 1.165) is 39.5 Å². The summed E-state index contributed by atoms with van der Waals surface area (Å²) < 4.78 is 6.32. The Kier molecular flexibility index (Phi) is 4.89. The van der Waals surface area contributed by atoms with Crippen LogP contribution in [0.4, 0.5) is 5.13 Å². The molecule has 1 N–H and O–H groups in total. The molecule has 0 spiro atoms. The summed E-state index contributed by atoms with van der Waals surface area (Å²) in [5, 5.41) is 6.24. The van der Waals surface area contributed by atoms with Crippen molar-refractivity contribution in [1.82, 2.24) is 4.98 Å². The largest absolute Gasteiger partial charge is 0.497 e. The van der Waals surface area contributed by atoms with Crippen molar-refractivity contribution in [3.63, 3.8) is 0 Å². The lowest BCUT2D eigenvalue weighted by atomic mass is 10.0. The van der Waals surface area contributed by atoms with Gasteiger partial charge in [-0.05, 0) is 59.7 Å². The van der Waals surface area contributed by atoms with Crippen LogP contribution in [0, 0.1) is 0 Å². The molecule has 4 nitrogen and oxygen atoms in total. The molecule has 5 rings (SSSR count). The third-order valence-electron chi connectivity index (χ3n) is 5.25. The number of fused-ring (bicyclic) bond motifs is 2. The molecule has 1 aliphatic carbocycles. The van der Waals surface area contributed by atoms with Crippen molar-refractivity contribution in [2.24, 2.45) is 0 Å². The molecule has 1 amide bonds. The second-order valence-electron chi connectivity index (χ2n) is 7.06. The van der Waals surface area contributed by atoms with Crippen molar-refractivity contribution in [1.29, 1.82) is 0 Å². The van der Waals surface area contributed by atoms with E-state index in [2.05, 4.69) is 29.6 Å². The van der Waals surface area contributed by atoms with Crippen molar-refractivity contribution in [2.45, 2.75) is 24.2 Å². The number of aromatic nitrogens is 1. The van der Waals surface area contributed by atoms with Gasteiger partial charge in [0, 0.05) is 22.5 Å². The second-order valence-corrected chi connectivity index (χ2v) is 9.26. The number of carbonyl (C=O) groups is 1. The fourth-order valence-corrected chi connectivity index (χ4v) is 5.69. The third-order valence-corrected chi connectivity index (χ3v) is 7.18. The molecular formula is C23H20N2O2S2. The molecule has 0 aliphatic heterocycles. The molecular weight excluding hydrogens is 400 g/mol. The highest BCUT2D eigenvalue weighted by molar-refractivity contribution is 7.99. The molecule has 0 fully saturated rings. The number of amides is 1. The van der Waals surface area contributed by atoms with Gasteiger partial charge in [0.25, 0.3) is 0 Å². The van der Waals surface area contributed by atoms with Gasteiger partial charge >= 0.3 is 0 Å². The quantitative estimate of drug-likeness (QED) is 0.408. The van der Waals surface area contributed by atoms with Gasteiger partial charge in [-0.3, -0.25) is 4.79 Å². The van der Waals surface area contributed by atoms with Crippen LogP contribution in [-0.2, 0) is 17.6 Å². The fourth-order valence-electron chi connectivity index (χ4n) is 3.87. The second kappa shape index (κ2) is 7.69. The Morgan fingerprint density at radius 3 is 2.83 bits per heavy atom. The number of nitrogens with zero attached hydrogens (tertiary/aromatic N) is 1. The summed E-state index contributed by atoms with van der Waals surface area (Å²) in [6.45, 7) is 0. The number of thiazole rings is 1. The Hall–Kier alpha value is -2.57. The summed E-state index contributed by atoms with van der Waals surface area (Å²) in [5.41, 5.74) is 3.81. The molecule has 1 heterocycles. The van der Waals surface area contributed by atoms with Crippen LogP contribution >= 0.6 is 23.1 Å². The average Bonchev–Trinajstić information content (AvgIpc) is 3.34. The number of hydrogen-bond acceptors (Lipinski definition) is 5. The van der Waals surface area contributed by atoms with Crippen molar-refractivity contribution < 1.29 is 9.53 Å². The number of methoxy groups -OCH3 is 1. The maximum absolute atomic E-state index is 12.4. The highest BCUT2D eigenvalue weighted by Crippen LogP contribution is 2.39. The molecule has 0 radical (unpaired) electrons. The Labute approximate surface area is 177 Å². The number of benzene rings is 3. The lowest BCUT2D eigenvalue weighted by Gasteiger charge is -2.04. The topological polar surface area (TPSA) is 51.2 Å². The van der Waals surface area contributed by atoms with E-state index in [-0.39, 0.29) is 5.91 Å². The molecule has 0 bridgehead atoms. The Morgan fingerprint density at radius 2 is 2.00 bits per heavy atom. The minimum absolute atomic E-state index is 0.00220. The zero-order valence-corrected chi connectivity index (χ0v) is 17.7. The first-order valence-electron chi connectivity index (χ1n) is 9.62. The van der Waals surface area contributed by atoms with E-state index in [0.29, 0.717) is 11.6 Å². The molecule has 3 aromatic carbocycles. The minimum Gasteiger partial charge on any atom is -0.497 e. The fraction of sp³-hybridized carbons (Fsp3) is 0.217. The molecule has 0 saturated heterocycles. The number of nitrogens with one attached hydrogen (secondary N) is 1. The lowest BCUT2D eigenvalue weighted by molar-refractivity contribution is -0.115. The summed E-state index contributed by atoms with van der Waals surface area (Å²) >= 11 is 3.23. The number of anilines is 1. The third kappa shape index (κ3) is 3.58. The van der Waals surface area contributed by atoms with Crippen LogP contribution in [0.3, 0.4) is 0 Å². The van der Waals surface area contributed by atoms with E-state index >= 15 is 0 Å². The first-order chi connectivity index (χ1) is 14.2. The van der Waals surface area contributed by atoms with E-state index in [1.54, 1.807) is 30.2 Å². The average molecular weight is 421 g/mol. The Balaban J connectivity index is 1.27. The van der Waals surface area contributed by atoms with Crippen LogP contribution in [0.15, 0.2) is 53.4 Å². The monoisotopic (exact) mass is 420 g/mol. The van der Waals surface area contributed by atoms with Crippen LogP contribution in [0.1, 0.15) is 17.5 Å². The highest BCUT2D eigenvalue weighted by atomic mass is 32.2. The van der Waals surface area contributed by atoms with Gasteiger partial charge in [-0.1, -0.05) is 29.5 Å². The van der Waals surface area contributed by atoms with Gasteiger partial charge in [0.2, 0.25) is 5.91 Å². The van der Waals surface area contributed by atoms with Crippen molar-refractivity contribution >= 4 is 55.1 Å². The van der Waals surface area contributed by atoms with Gasteiger partial charge in [-0.2, -0.15) is 0 Å². The Morgan fingerprint density at radius 1 is 1.17 bits per heavy atom. The van der Waals surface area contributed by atoms with Gasteiger partial charge in [0.15, 0.2) is 5.13 Å². The van der Waals surface area contributed by atoms with Gasteiger partial charge in [0.1, 0.15) is 5.75 Å². The summed E-state index contributed by atoms with van der Waals surface area (Å²) in [6, 6.07) is 16.6. The van der Waals surface area contributed by atoms with Gasteiger partial charge in [-0.25, -0.2) is 4.98 Å². The predicted molar refractivity (Wildman–Crippen MR) is 121 cm³/mol. The number of ether oxygens (including phenoxy) is 1. The van der Waals surface area contributed by atoms with Crippen LogP contribution in [0.5, 0.6) is 5.75 Å². The molecule has 0 unspecified atom stereocenters. The Bertz CT molecular complexity index is 1220. The maximum Gasteiger partial charge on any atom is 0.226 e. The van der Waals surface area contributed by atoms with E-state index in [9.17, 15) is 4.79 Å². The van der Waals surface area contributed by atoms with E-state index < -0.39 is 0 Å². The zero-order chi connectivity index (χ0) is 19.8. The number of hydrogen-bond donors (Lipinski definition) is 1. The maximum atomic E-state index is 12.4. The normalized spacial score (nSPS) is 12.6. The van der Waals surface area contributed by atoms with Gasteiger partial charge < -0.3 is 10.1 Å². The van der Waals surface area contributed by atoms with Crippen LogP contribution in [0.25, 0.3) is 21.0 Å². The zero-order valence-electron chi connectivity index (χ0n) is 16.0. The molecule has 6 heteroatoms. The van der Waals surface area contributed by atoms with Crippen molar-refractivity contribution in [3.05, 3.63) is 59.7 Å². The molecule has 0 saturated carbocycles. The van der Waals surface area contributed by atoms with E-state index in [1.807, 2.05) is 24.3 Å². The van der Waals surface area contributed by atoms with Gasteiger partial charge in [0.05, 0.1) is 17.3 Å². The van der Waals surface area contributed by atoms with Gasteiger partial charge in [-0.15, -0.1) is 11.8 Å². The summed E-state index contributed by atoms with van der Waals surface area (Å²) in [5.74, 6) is 1.56. The SMILES string of the molecule is COc1ccc(SCCC(=O)Nc2nc3c(cc4c5c(cccc53)CC4)s2)cc1. The molecule has 0 atom stereocenters. The van der Waals surface area contributed by atoms with Crippen LogP contribution in [0.2, 0.25) is 0 Å². The number of thioether (sulfide) groups is 1. The van der Waals surface area contributed by atoms with Crippen LogP contribution < -0.4 is 10.1 Å². The van der Waals surface area contributed by atoms with E-state index in [1.165, 1.54) is 21.9 Å². The number of aryl methyl sites for hydroxylation is 2. The standard InChI is InChI=1S/C23H20N2O2S2/c1-27-16-7-9-17(10-8-16)28-12-11-20(26)24-23-25-22-18-4-2-3-14-5-6-15(21(14)18)13-19(22)29-23/h2-4,7-10,13H,5-6,11-12H2,1H3,(H,24,25,26). The predicted octanol–water partition coefficient (Wildman–Crippen LogP) is 5.68.